The SMILES string of the molecule is CC(=O)OCC(C)(C)c1nc(N[C@H]2CC[C@H](Nc3ccc(-n4ncccc4=O)cn3)C2)no1. The second kappa shape index (κ2) is 9.39. The van der Waals surface area contributed by atoms with Crippen LogP contribution in [0.5, 0.6) is 0 Å². The average Bonchev–Trinajstić information content (AvgIpc) is 3.44. The summed E-state index contributed by atoms with van der Waals surface area (Å²) in [5.74, 6) is 1.23. The van der Waals surface area contributed by atoms with Crippen molar-refractivity contribution in [3.63, 3.8) is 0 Å². The summed E-state index contributed by atoms with van der Waals surface area (Å²) in [5.41, 5.74) is -0.165. The highest BCUT2D eigenvalue weighted by atomic mass is 16.5. The maximum atomic E-state index is 11.9. The Bertz CT molecular complexity index is 1160. The van der Waals surface area contributed by atoms with Gasteiger partial charge in [0.25, 0.3) is 11.5 Å². The molecule has 4 rings (SSSR count). The quantitative estimate of drug-likeness (QED) is 0.489. The zero-order valence-corrected chi connectivity index (χ0v) is 18.8. The van der Waals surface area contributed by atoms with Crippen LogP contribution >= 0.6 is 0 Å². The molecule has 1 fully saturated rings. The first-order valence-corrected chi connectivity index (χ1v) is 10.8. The minimum absolute atomic E-state index is 0.167. The number of hydrogen-bond acceptors (Lipinski definition) is 10. The number of hydrogen-bond donors (Lipinski definition) is 2. The zero-order chi connectivity index (χ0) is 23.4. The van der Waals surface area contributed by atoms with E-state index in [1.165, 1.54) is 17.7 Å². The van der Waals surface area contributed by atoms with Crippen LogP contribution in [0.25, 0.3) is 5.69 Å². The van der Waals surface area contributed by atoms with Gasteiger partial charge in [0.2, 0.25) is 5.89 Å². The third kappa shape index (κ3) is 5.54. The molecule has 1 aliphatic rings. The summed E-state index contributed by atoms with van der Waals surface area (Å²) in [5, 5.41) is 14.8. The molecule has 2 atom stereocenters. The van der Waals surface area contributed by atoms with Crippen molar-refractivity contribution < 1.29 is 14.1 Å². The topological polar surface area (TPSA) is 137 Å². The molecule has 0 aliphatic heterocycles. The lowest BCUT2D eigenvalue weighted by Gasteiger charge is -2.18. The second-order valence-electron chi connectivity index (χ2n) is 8.76. The van der Waals surface area contributed by atoms with Gasteiger partial charge in [0.15, 0.2) is 0 Å². The Hall–Kier alpha value is -3.76. The summed E-state index contributed by atoms with van der Waals surface area (Å²) in [4.78, 5) is 31.8. The van der Waals surface area contributed by atoms with E-state index in [9.17, 15) is 9.59 Å². The molecule has 2 N–H and O–H groups in total. The van der Waals surface area contributed by atoms with Gasteiger partial charge in [0.1, 0.15) is 12.4 Å². The van der Waals surface area contributed by atoms with Crippen molar-refractivity contribution in [3.8, 4) is 5.69 Å². The maximum Gasteiger partial charge on any atom is 0.302 e. The highest BCUT2D eigenvalue weighted by Crippen LogP contribution is 2.27. The first-order chi connectivity index (χ1) is 15.8. The van der Waals surface area contributed by atoms with Gasteiger partial charge in [-0.25, -0.2) is 4.98 Å². The summed E-state index contributed by atoms with van der Waals surface area (Å²) < 4.78 is 11.8. The fourth-order valence-electron chi connectivity index (χ4n) is 3.68. The standard InChI is InChI=1S/C22H27N7O4/c1-14(30)32-13-22(2,3)20-27-21(28-33-20)26-16-7-6-15(11-16)25-18-9-8-17(12-23-18)29-19(31)5-4-10-24-29/h4-5,8-10,12,15-16H,6-7,11,13H2,1-3H3,(H,23,25)(H,26,28)/t15-,16-/m0/s1. The van der Waals surface area contributed by atoms with Crippen molar-refractivity contribution in [2.75, 3.05) is 17.2 Å². The number of pyridine rings is 1. The molecule has 3 heterocycles. The summed E-state index contributed by atoms with van der Waals surface area (Å²) >= 11 is 0. The third-order valence-electron chi connectivity index (χ3n) is 5.47. The Balaban J connectivity index is 1.30. The molecular weight excluding hydrogens is 426 g/mol. The molecule has 0 radical (unpaired) electrons. The Labute approximate surface area is 190 Å². The number of carbonyl (C=O) groups is 1. The van der Waals surface area contributed by atoms with Crippen LogP contribution in [0.4, 0.5) is 11.8 Å². The van der Waals surface area contributed by atoms with Crippen LogP contribution in [0, 0.1) is 0 Å². The van der Waals surface area contributed by atoms with Gasteiger partial charge < -0.3 is 19.9 Å². The number of carbonyl (C=O) groups excluding carboxylic acids is 1. The molecule has 1 aliphatic carbocycles. The summed E-state index contributed by atoms with van der Waals surface area (Å²) in [6.07, 6.45) is 5.96. The Morgan fingerprint density at radius 2 is 2.03 bits per heavy atom. The monoisotopic (exact) mass is 453 g/mol. The fraction of sp³-hybridized carbons (Fsp3) is 0.455. The van der Waals surface area contributed by atoms with E-state index in [4.69, 9.17) is 9.26 Å². The van der Waals surface area contributed by atoms with Gasteiger partial charge in [-0.1, -0.05) is 0 Å². The number of ether oxygens (including phenoxy) is 1. The molecule has 1 saturated carbocycles. The molecule has 11 nitrogen and oxygen atoms in total. The van der Waals surface area contributed by atoms with E-state index in [2.05, 4.69) is 30.9 Å². The molecule has 0 unspecified atom stereocenters. The molecule has 0 saturated heterocycles. The zero-order valence-electron chi connectivity index (χ0n) is 18.8. The van der Waals surface area contributed by atoms with Crippen molar-refractivity contribution in [2.45, 2.75) is 57.5 Å². The molecule has 3 aromatic heterocycles. The van der Waals surface area contributed by atoms with Crippen molar-refractivity contribution >= 4 is 17.7 Å². The largest absolute Gasteiger partial charge is 0.465 e. The van der Waals surface area contributed by atoms with Crippen molar-refractivity contribution in [1.29, 1.82) is 0 Å². The van der Waals surface area contributed by atoms with E-state index >= 15 is 0 Å². The van der Waals surface area contributed by atoms with Gasteiger partial charge >= 0.3 is 5.97 Å². The van der Waals surface area contributed by atoms with Crippen molar-refractivity contribution in [1.82, 2.24) is 24.9 Å². The van der Waals surface area contributed by atoms with Crippen LogP contribution in [0.2, 0.25) is 0 Å². The lowest BCUT2D eigenvalue weighted by atomic mass is 9.95. The normalized spacial score (nSPS) is 18.2. The Kier molecular flexibility index (Phi) is 6.38. The second-order valence-corrected chi connectivity index (χ2v) is 8.76. The van der Waals surface area contributed by atoms with Gasteiger partial charge in [0.05, 0.1) is 17.3 Å². The first-order valence-electron chi connectivity index (χ1n) is 10.8. The van der Waals surface area contributed by atoms with Gasteiger partial charge in [-0.3, -0.25) is 9.59 Å². The van der Waals surface area contributed by atoms with Gasteiger partial charge in [0, 0.05) is 31.3 Å². The van der Waals surface area contributed by atoms with Crippen LogP contribution in [-0.2, 0) is 14.9 Å². The van der Waals surface area contributed by atoms with Crippen LogP contribution < -0.4 is 16.2 Å². The average molecular weight is 454 g/mol. The predicted molar refractivity (Wildman–Crippen MR) is 120 cm³/mol. The number of esters is 1. The van der Waals surface area contributed by atoms with E-state index in [1.54, 1.807) is 18.5 Å². The van der Waals surface area contributed by atoms with Crippen LogP contribution in [0.15, 0.2) is 46.0 Å². The number of nitrogens with zero attached hydrogens (tertiary/aromatic N) is 5. The van der Waals surface area contributed by atoms with Gasteiger partial charge in [-0.05, 0) is 56.5 Å². The van der Waals surface area contributed by atoms with Crippen molar-refractivity contribution in [2.24, 2.45) is 0 Å². The molecular formula is C22H27N7O4. The number of rotatable bonds is 8. The number of nitrogens with one attached hydrogen (secondary N) is 2. The van der Waals surface area contributed by atoms with E-state index in [0.29, 0.717) is 17.5 Å². The fourth-order valence-corrected chi connectivity index (χ4v) is 3.68. The predicted octanol–water partition coefficient (Wildman–Crippen LogP) is 2.30. The summed E-state index contributed by atoms with van der Waals surface area (Å²) in [7, 11) is 0. The van der Waals surface area contributed by atoms with Crippen LogP contribution in [0.3, 0.4) is 0 Å². The minimum atomic E-state index is -0.573. The Morgan fingerprint density at radius 3 is 2.73 bits per heavy atom. The third-order valence-corrected chi connectivity index (χ3v) is 5.47. The molecule has 0 bridgehead atoms. The van der Waals surface area contributed by atoms with Crippen LogP contribution in [0.1, 0.15) is 45.9 Å². The van der Waals surface area contributed by atoms with Crippen molar-refractivity contribution in [3.05, 3.63) is 52.9 Å². The van der Waals surface area contributed by atoms with Crippen LogP contribution in [-0.4, -0.2) is 49.6 Å². The number of aromatic nitrogens is 5. The van der Waals surface area contributed by atoms with Gasteiger partial charge in [-0.15, -0.1) is 0 Å². The smallest absolute Gasteiger partial charge is 0.302 e. The molecule has 174 valence electrons. The maximum absolute atomic E-state index is 11.9. The molecule has 0 aromatic carbocycles. The minimum Gasteiger partial charge on any atom is -0.465 e. The summed E-state index contributed by atoms with van der Waals surface area (Å²) in [6, 6.07) is 7.15. The highest BCUT2D eigenvalue weighted by Gasteiger charge is 2.31. The molecule has 3 aromatic rings. The van der Waals surface area contributed by atoms with E-state index in [1.807, 2.05) is 26.0 Å². The van der Waals surface area contributed by atoms with E-state index in [-0.39, 0.29) is 30.2 Å². The lowest BCUT2D eigenvalue weighted by molar-refractivity contribution is -0.142. The molecule has 0 amide bonds. The van der Waals surface area contributed by atoms with E-state index in [0.717, 1.165) is 25.1 Å². The molecule has 33 heavy (non-hydrogen) atoms. The van der Waals surface area contributed by atoms with Gasteiger partial charge in [-0.2, -0.15) is 14.8 Å². The number of anilines is 2. The molecule has 11 heteroatoms. The first kappa shape index (κ1) is 22.4. The molecule has 0 spiro atoms. The lowest BCUT2D eigenvalue weighted by Crippen LogP contribution is -2.26. The Morgan fingerprint density at radius 1 is 1.24 bits per heavy atom. The highest BCUT2D eigenvalue weighted by molar-refractivity contribution is 5.66. The van der Waals surface area contributed by atoms with E-state index < -0.39 is 5.41 Å². The summed E-state index contributed by atoms with van der Waals surface area (Å²) in [6.45, 7) is 5.30.